The highest BCUT2D eigenvalue weighted by molar-refractivity contribution is 5.27. The second-order valence-electron chi connectivity index (χ2n) is 10.5. The molecule has 42 heavy (non-hydrogen) atoms. The molecule has 9 nitrogen and oxygen atoms in total. The molecule has 0 aromatic heterocycles. The molecule has 9 heteroatoms. The Labute approximate surface area is 256 Å². The average Bonchev–Trinajstić information content (AvgIpc) is 2.99. The van der Waals surface area contributed by atoms with Gasteiger partial charge in [0.25, 0.3) is 0 Å². The molecule has 1 aromatic carbocycles. The summed E-state index contributed by atoms with van der Waals surface area (Å²) in [6.45, 7) is 11.6. The van der Waals surface area contributed by atoms with E-state index < -0.39 is 0 Å². The van der Waals surface area contributed by atoms with E-state index in [1.54, 1.807) is 0 Å². The van der Waals surface area contributed by atoms with E-state index in [-0.39, 0.29) is 0 Å². The van der Waals surface area contributed by atoms with Crippen LogP contribution in [0.25, 0.3) is 0 Å². The van der Waals surface area contributed by atoms with Gasteiger partial charge in [-0.25, -0.2) is 0 Å². The molecule has 1 rings (SSSR count). The Bertz CT molecular complexity index is 662. The minimum absolute atomic E-state index is 0.534. The first-order valence-corrected chi connectivity index (χ1v) is 16.1. The zero-order chi connectivity index (χ0) is 30.2. The number of ether oxygens (including phenoxy) is 8. The van der Waals surface area contributed by atoms with Crippen LogP contribution in [0, 0.1) is 0 Å². The molecule has 0 amide bonds. The number of likely N-dealkylation sites (N-methyl/N-ethyl adjacent to an activating group) is 1. The van der Waals surface area contributed by atoms with Crippen LogP contribution in [0.1, 0.15) is 57.4 Å². The largest absolute Gasteiger partial charge is 0.491 e. The van der Waals surface area contributed by atoms with Crippen molar-refractivity contribution in [3.8, 4) is 5.75 Å². The van der Waals surface area contributed by atoms with Crippen LogP contribution in [0.4, 0.5) is 0 Å². The molecule has 0 saturated heterocycles. The Hall–Kier alpha value is -1.30. The lowest BCUT2D eigenvalue weighted by molar-refractivity contribution is -0.0214. The quantitative estimate of drug-likeness (QED) is 0.103. The third-order valence-electron chi connectivity index (χ3n) is 6.40. The van der Waals surface area contributed by atoms with Crippen LogP contribution in [0.3, 0.4) is 0 Å². The first-order valence-electron chi connectivity index (χ1n) is 16.1. The lowest BCUT2D eigenvalue weighted by atomic mass is 10.0. The first-order chi connectivity index (χ1) is 20.7. The van der Waals surface area contributed by atoms with Crippen LogP contribution in [0.2, 0.25) is 0 Å². The van der Waals surface area contributed by atoms with Gasteiger partial charge in [0.15, 0.2) is 0 Å². The number of unbranched alkanes of at least 4 members (excludes halogenated alkanes) is 6. The lowest BCUT2D eigenvalue weighted by Crippen LogP contribution is -2.19. The van der Waals surface area contributed by atoms with Crippen LogP contribution in [-0.4, -0.2) is 125 Å². The Kier molecular flexibility index (Phi) is 28.7. The van der Waals surface area contributed by atoms with Crippen molar-refractivity contribution in [2.75, 3.05) is 120 Å². The van der Waals surface area contributed by atoms with Crippen molar-refractivity contribution >= 4 is 0 Å². The maximum Gasteiger partial charge on any atom is 0.119 e. The van der Waals surface area contributed by atoms with Gasteiger partial charge in [0.1, 0.15) is 12.4 Å². The summed E-state index contributed by atoms with van der Waals surface area (Å²) in [7, 11) is 4.05. The fourth-order valence-electron chi connectivity index (χ4n) is 3.93. The monoisotopic (exact) mass is 599 g/mol. The molecule has 0 aliphatic heterocycles. The van der Waals surface area contributed by atoms with E-state index in [2.05, 4.69) is 36.1 Å². The van der Waals surface area contributed by atoms with Crippen molar-refractivity contribution in [2.45, 2.75) is 58.3 Å². The van der Waals surface area contributed by atoms with Gasteiger partial charge in [0.2, 0.25) is 0 Å². The second kappa shape index (κ2) is 31.1. The van der Waals surface area contributed by atoms with Gasteiger partial charge >= 0.3 is 0 Å². The van der Waals surface area contributed by atoms with Gasteiger partial charge in [0.05, 0.1) is 92.5 Å². The van der Waals surface area contributed by atoms with Gasteiger partial charge in [-0.15, -0.1) is 0 Å². The SMILES string of the molecule is CCCCCCCCCc1ccc(OCCOCCOCCOCCOCCOCCOCCOCCN(C)C)cc1. The fourth-order valence-corrected chi connectivity index (χ4v) is 3.93. The standard InChI is InChI=1S/C33H61NO8/c1-4-5-6-7-8-9-10-11-32-12-14-33(15-13-32)42-31-30-41-29-28-40-27-26-39-25-24-38-23-22-37-21-20-36-19-18-35-17-16-34(2)3/h12-15H,4-11,16-31H2,1-3H3. The molecule has 0 fully saturated rings. The normalized spacial score (nSPS) is 11.5. The van der Waals surface area contributed by atoms with Gasteiger partial charge in [-0.1, -0.05) is 57.6 Å². The Morgan fingerprint density at radius 2 is 0.833 bits per heavy atom. The number of nitrogens with zero attached hydrogens (tertiary/aromatic N) is 1. The Morgan fingerprint density at radius 3 is 1.26 bits per heavy atom. The number of rotatable bonds is 33. The predicted molar refractivity (Wildman–Crippen MR) is 168 cm³/mol. The molecular weight excluding hydrogens is 538 g/mol. The maximum absolute atomic E-state index is 5.77. The zero-order valence-corrected chi connectivity index (χ0v) is 27.0. The summed E-state index contributed by atoms with van der Waals surface area (Å²) < 4.78 is 44.3. The number of hydrogen-bond donors (Lipinski definition) is 0. The molecule has 0 aliphatic carbocycles. The van der Waals surface area contributed by atoms with Gasteiger partial charge in [0, 0.05) is 6.54 Å². The van der Waals surface area contributed by atoms with Crippen molar-refractivity contribution in [3.05, 3.63) is 29.8 Å². The molecule has 0 radical (unpaired) electrons. The first kappa shape index (κ1) is 38.7. The molecule has 0 heterocycles. The van der Waals surface area contributed by atoms with Crippen molar-refractivity contribution in [2.24, 2.45) is 0 Å². The van der Waals surface area contributed by atoms with E-state index >= 15 is 0 Å². The number of benzene rings is 1. The Morgan fingerprint density at radius 1 is 0.452 bits per heavy atom. The van der Waals surface area contributed by atoms with Crippen LogP contribution in [-0.2, 0) is 39.6 Å². The lowest BCUT2D eigenvalue weighted by Gasteiger charge is -2.10. The highest BCUT2D eigenvalue weighted by Crippen LogP contribution is 2.15. The van der Waals surface area contributed by atoms with E-state index in [0.29, 0.717) is 92.5 Å². The molecule has 0 bridgehead atoms. The van der Waals surface area contributed by atoms with Crippen LogP contribution in [0.15, 0.2) is 24.3 Å². The van der Waals surface area contributed by atoms with Gasteiger partial charge in [-0.3, -0.25) is 0 Å². The van der Waals surface area contributed by atoms with E-state index in [1.165, 1.54) is 50.5 Å². The van der Waals surface area contributed by atoms with E-state index in [1.807, 2.05) is 14.1 Å². The van der Waals surface area contributed by atoms with Crippen molar-refractivity contribution in [1.29, 1.82) is 0 Å². The molecule has 0 spiro atoms. The summed E-state index contributed by atoms with van der Waals surface area (Å²) in [6.07, 6.45) is 10.6. The molecule has 1 aromatic rings. The van der Waals surface area contributed by atoms with Crippen molar-refractivity contribution < 1.29 is 37.9 Å². The minimum Gasteiger partial charge on any atom is -0.491 e. The van der Waals surface area contributed by atoms with E-state index in [9.17, 15) is 0 Å². The van der Waals surface area contributed by atoms with E-state index in [0.717, 1.165) is 25.3 Å². The highest BCUT2D eigenvalue weighted by Gasteiger charge is 1.99. The molecule has 246 valence electrons. The molecule has 0 aliphatic rings. The topological polar surface area (TPSA) is 77.1 Å². The molecular formula is C33H61NO8. The van der Waals surface area contributed by atoms with Crippen LogP contribution >= 0.6 is 0 Å². The van der Waals surface area contributed by atoms with Crippen LogP contribution < -0.4 is 4.74 Å². The average molecular weight is 600 g/mol. The van der Waals surface area contributed by atoms with Gasteiger partial charge in [-0.2, -0.15) is 0 Å². The Balaban J connectivity index is 1.75. The smallest absolute Gasteiger partial charge is 0.119 e. The number of hydrogen-bond acceptors (Lipinski definition) is 9. The molecule has 0 unspecified atom stereocenters. The van der Waals surface area contributed by atoms with Gasteiger partial charge < -0.3 is 42.8 Å². The molecule has 0 atom stereocenters. The zero-order valence-electron chi connectivity index (χ0n) is 27.0. The van der Waals surface area contributed by atoms with Crippen molar-refractivity contribution in [1.82, 2.24) is 4.90 Å². The summed E-state index contributed by atoms with van der Waals surface area (Å²) in [6, 6.07) is 8.47. The third kappa shape index (κ3) is 27.5. The summed E-state index contributed by atoms with van der Waals surface area (Å²) in [4.78, 5) is 2.09. The van der Waals surface area contributed by atoms with E-state index in [4.69, 9.17) is 37.9 Å². The maximum atomic E-state index is 5.77. The predicted octanol–water partition coefficient (Wildman–Crippen LogP) is 5.04. The van der Waals surface area contributed by atoms with Crippen molar-refractivity contribution in [3.63, 3.8) is 0 Å². The van der Waals surface area contributed by atoms with Gasteiger partial charge in [-0.05, 0) is 44.6 Å². The molecule has 0 saturated carbocycles. The highest BCUT2D eigenvalue weighted by atomic mass is 16.6. The summed E-state index contributed by atoms with van der Waals surface area (Å²) in [5, 5.41) is 0. The summed E-state index contributed by atoms with van der Waals surface area (Å²) in [5.74, 6) is 0.893. The van der Waals surface area contributed by atoms with Crippen LogP contribution in [0.5, 0.6) is 5.75 Å². The minimum atomic E-state index is 0.534. The summed E-state index contributed by atoms with van der Waals surface area (Å²) in [5.41, 5.74) is 1.39. The second-order valence-corrected chi connectivity index (χ2v) is 10.5. The number of aryl methyl sites for hydroxylation is 1. The fraction of sp³-hybridized carbons (Fsp3) is 0.818. The molecule has 0 N–H and O–H groups in total. The summed E-state index contributed by atoms with van der Waals surface area (Å²) >= 11 is 0. The third-order valence-corrected chi connectivity index (χ3v) is 6.40.